The predicted octanol–water partition coefficient (Wildman–Crippen LogP) is 4.47. The second kappa shape index (κ2) is 6.38. The molecule has 0 heterocycles. The predicted molar refractivity (Wildman–Crippen MR) is 78.5 cm³/mol. The van der Waals surface area contributed by atoms with Crippen molar-refractivity contribution in [1.82, 2.24) is 0 Å². The van der Waals surface area contributed by atoms with E-state index in [1.165, 1.54) is 43.2 Å². The summed E-state index contributed by atoms with van der Waals surface area (Å²) in [5, 5.41) is 0. The van der Waals surface area contributed by atoms with Crippen molar-refractivity contribution in [1.29, 1.82) is 0 Å². The van der Waals surface area contributed by atoms with Crippen LogP contribution in [-0.2, 0) is 6.42 Å². The fourth-order valence-electron chi connectivity index (χ4n) is 3.28. The lowest BCUT2D eigenvalue weighted by atomic mass is 9.75. The van der Waals surface area contributed by atoms with Gasteiger partial charge < -0.3 is 5.73 Å². The summed E-state index contributed by atoms with van der Waals surface area (Å²) in [5.74, 6) is 1.60. The third kappa shape index (κ3) is 3.14. The van der Waals surface area contributed by atoms with Crippen molar-refractivity contribution >= 4 is 0 Å². The van der Waals surface area contributed by atoms with E-state index in [4.69, 9.17) is 5.73 Å². The highest BCUT2D eigenvalue weighted by Gasteiger charge is 2.26. The summed E-state index contributed by atoms with van der Waals surface area (Å²) in [6.07, 6.45) is 7.84. The van der Waals surface area contributed by atoms with E-state index in [0.717, 1.165) is 12.3 Å². The molecular weight excluding hydrogens is 218 g/mol. The van der Waals surface area contributed by atoms with Gasteiger partial charge in [0.1, 0.15) is 0 Å². The fraction of sp³-hybridized carbons (Fsp3) is 0.647. The lowest BCUT2D eigenvalue weighted by Crippen LogP contribution is -2.26. The van der Waals surface area contributed by atoms with Crippen LogP contribution >= 0.6 is 0 Å². The van der Waals surface area contributed by atoms with E-state index in [2.05, 4.69) is 38.1 Å². The molecular formula is C17H27N. The molecule has 1 aromatic carbocycles. The molecule has 1 heteroatoms. The summed E-state index contributed by atoms with van der Waals surface area (Å²) >= 11 is 0. The van der Waals surface area contributed by atoms with E-state index in [9.17, 15) is 0 Å². The molecule has 1 nitrogen and oxygen atoms in total. The summed E-state index contributed by atoms with van der Waals surface area (Å²) < 4.78 is 0. The zero-order chi connectivity index (χ0) is 13.0. The summed E-state index contributed by atoms with van der Waals surface area (Å²) in [4.78, 5) is 0. The second-order valence-electron chi connectivity index (χ2n) is 5.82. The molecule has 1 aromatic rings. The second-order valence-corrected chi connectivity index (χ2v) is 5.82. The van der Waals surface area contributed by atoms with E-state index < -0.39 is 0 Å². The SMILES string of the molecule is CCc1ccc(C(N)C2CCCC(CC)C2)cc1. The molecule has 3 atom stereocenters. The molecule has 1 fully saturated rings. The van der Waals surface area contributed by atoms with Crippen molar-refractivity contribution in [2.24, 2.45) is 17.6 Å². The van der Waals surface area contributed by atoms with Crippen molar-refractivity contribution in [3.8, 4) is 0 Å². The van der Waals surface area contributed by atoms with Crippen LogP contribution in [0.5, 0.6) is 0 Å². The summed E-state index contributed by atoms with van der Waals surface area (Å²) in [5.41, 5.74) is 9.21. The maximum absolute atomic E-state index is 6.48. The van der Waals surface area contributed by atoms with Gasteiger partial charge >= 0.3 is 0 Å². The van der Waals surface area contributed by atoms with Crippen molar-refractivity contribution in [3.05, 3.63) is 35.4 Å². The first-order valence-corrected chi connectivity index (χ1v) is 7.59. The summed E-state index contributed by atoms with van der Waals surface area (Å²) in [7, 11) is 0. The van der Waals surface area contributed by atoms with Crippen LogP contribution in [0.1, 0.15) is 63.1 Å². The summed E-state index contributed by atoms with van der Waals surface area (Å²) in [6.45, 7) is 4.51. The maximum Gasteiger partial charge on any atom is 0.0323 e. The molecule has 18 heavy (non-hydrogen) atoms. The number of hydrogen-bond acceptors (Lipinski definition) is 1. The van der Waals surface area contributed by atoms with Crippen LogP contribution in [0.2, 0.25) is 0 Å². The van der Waals surface area contributed by atoms with Crippen LogP contribution < -0.4 is 5.73 Å². The third-order valence-electron chi connectivity index (χ3n) is 4.68. The summed E-state index contributed by atoms with van der Waals surface area (Å²) in [6, 6.07) is 9.17. The average molecular weight is 245 g/mol. The van der Waals surface area contributed by atoms with E-state index >= 15 is 0 Å². The highest BCUT2D eigenvalue weighted by Crippen LogP contribution is 2.37. The Labute approximate surface area is 112 Å². The lowest BCUT2D eigenvalue weighted by Gasteiger charge is -2.32. The van der Waals surface area contributed by atoms with Crippen molar-refractivity contribution in [2.45, 2.75) is 58.4 Å². The molecule has 0 bridgehead atoms. The fourth-order valence-corrected chi connectivity index (χ4v) is 3.28. The Kier molecular flexibility index (Phi) is 4.82. The quantitative estimate of drug-likeness (QED) is 0.832. The smallest absolute Gasteiger partial charge is 0.0323 e. The van der Waals surface area contributed by atoms with E-state index in [1.807, 2.05) is 0 Å². The third-order valence-corrected chi connectivity index (χ3v) is 4.68. The van der Waals surface area contributed by atoms with Crippen molar-refractivity contribution < 1.29 is 0 Å². The molecule has 0 radical (unpaired) electrons. The van der Waals surface area contributed by atoms with Crippen LogP contribution in [0.15, 0.2) is 24.3 Å². The van der Waals surface area contributed by atoms with Gasteiger partial charge in [0.05, 0.1) is 0 Å². The Balaban J connectivity index is 2.02. The molecule has 2 rings (SSSR count). The van der Waals surface area contributed by atoms with Crippen LogP contribution in [0.4, 0.5) is 0 Å². The molecule has 1 aliphatic carbocycles. The maximum atomic E-state index is 6.48. The molecule has 3 unspecified atom stereocenters. The van der Waals surface area contributed by atoms with Gasteiger partial charge in [-0.2, -0.15) is 0 Å². The van der Waals surface area contributed by atoms with Gasteiger partial charge in [0.2, 0.25) is 0 Å². The Morgan fingerprint density at radius 3 is 2.50 bits per heavy atom. The Bertz CT molecular complexity index is 354. The van der Waals surface area contributed by atoms with Crippen molar-refractivity contribution in [3.63, 3.8) is 0 Å². The van der Waals surface area contributed by atoms with E-state index in [0.29, 0.717) is 5.92 Å². The molecule has 0 spiro atoms. The minimum absolute atomic E-state index is 0.241. The van der Waals surface area contributed by atoms with Gasteiger partial charge in [-0.3, -0.25) is 0 Å². The van der Waals surface area contributed by atoms with Gasteiger partial charge in [0.15, 0.2) is 0 Å². The zero-order valence-electron chi connectivity index (χ0n) is 11.9. The number of aryl methyl sites for hydroxylation is 1. The molecule has 1 saturated carbocycles. The lowest BCUT2D eigenvalue weighted by molar-refractivity contribution is 0.230. The Hall–Kier alpha value is -0.820. The normalized spacial score (nSPS) is 25.9. The molecule has 2 N–H and O–H groups in total. The first kappa shape index (κ1) is 13.6. The van der Waals surface area contributed by atoms with E-state index in [1.54, 1.807) is 0 Å². The molecule has 100 valence electrons. The number of benzene rings is 1. The topological polar surface area (TPSA) is 26.0 Å². The van der Waals surface area contributed by atoms with Gasteiger partial charge in [-0.15, -0.1) is 0 Å². The van der Waals surface area contributed by atoms with Gasteiger partial charge in [-0.25, -0.2) is 0 Å². The van der Waals surface area contributed by atoms with Gasteiger partial charge in [0.25, 0.3) is 0 Å². The molecule has 0 aromatic heterocycles. The van der Waals surface area contributed by atoms with Crippen LogP contribution in [-0.4, -0.2) is 0 Å². The van der Waals surface area contributed by atoms with E-state index in [-0.39, 0.29) is 6.04 Å². The van der Waals surface area contributed by atoms with Gasteiger partial charge in [-0.05, 0) is 42.2 Å². The average Bonchev–Trinajstić information content (AvgIpc) is 2.46. The zero-order valence-corrected chi connectivity index (χ0v) is 11.9. The minimum Gasteiger partial charge on any atom is -0.324 e. The Morgan fingerprint density at radius 1 is 1.17 bits per heavy atom. The monoisotopic (exact) mass is 245 g/mol. The molecule has 0 amide bonds. The van der Waals surface area contributed by atoms with Crippen LogP contribution in [0.3, 0.4) is 0 Å². The molecule has 0 saturated heterocycles. The molecule has 1 aliphatic rings. The highest BCUT2D eigenvalue weighted by molar-refractivity contribution is 5.25. The first-order valence-electron chi connectivity index (χ1n) is 7.59. The van der Waals surface area contributed by atoms with Gasteiger partial charge in [0, 0.05) is 6.04 Å². The number of rotatable bonds is 4. The standard InChI is InChI=1S/C17H27N/c1-3-13-8-10-15(11-9-13)17(18)16-7-5-6-14(4-2)12-16/h8-11,14,16-17H,3-7,12,18H2,1-2H3. The van der Waals surface area contributed by atoms with Crippen LogP contribution in [0.25, 0.3) is 0 Å². The molecule has 0 aliphatic heterocycles. The number of hydrogen-bond donors (Lipinski definition) is 1. The first-order chi connectivity index (χ1) is 8.74. The minimum atomic E-state index is 0.241. The van der Waals surface area contributed by atoms with Crippen molar-refractivity contribution in [2.75, 3.05) is 0 Å². The van der Waals surface area contributed by atoms with Gasteiger partial charge in [-0.1, -0.05) is 57.4 Å². The highest BCUT2D eigenvalue weighted by atomic mass is 14.7. The number of nitrogens with two attached hydrogens (primary N) is 1. The largest absolute Gasteiger partial charge is 0.324 e. The van der Waals surface area contributed by atoms with Crippen LogP contribution in [0, 0.1) is 11.8 Å². The Morgan fingerprint density at radius 2 is 1.89 bits per heavy atom.